The van der Waals surface area contributed by atoms with Crippen molar-refractivity contribution in [2.45, 2.75) is 53.0 Å². The highest BCUT2D eigenvalue weighted by Gasteiger charge is 2.02. The first kappa shape index (κ1) is 14.2. The van der Waals surface area contributed by atoms with E-state index in [0.29, 0.717) is 6.04 Å². The Morgan fingerprint density at radius 3 is 2.53 bits per heavy atom. The summed E-state index contributed by atoms with van der Waals surface area (Å²) in [5.74, 6) is 0.816. The maximum absolute atomic E-state index is 3.61. The molecule has 1 N–H and O–H groups in total. The maximum atomic E-state index is 3.61. The molecule has 0 spiro atoms. The fourth-order valence-corrected chi connectivity index (χ4v) is 2.02. The monoisotopic (exact) mass is 233 g/mol. The van der Waals surface area contributed by atoms with Crippen molar-refractivity contribution in [2.24, 2.45) is 5.92 Å². The van der Waals surface area contributed by atoms with Crippen LogP contribution in [0.2, 0.25) is 0 Å². The third kappa shape index (κ3) is 6.48. The molecule has 0 radical (unpaired) electrons. The summed E-state index contributed by atoms with van der Waals surface area (Å²) in [5.41, 5.74) is 2.80. The van der Waals surface area contributed by atoms with Gasteiger partial charge in [-0.1, -0.05) is 43.7 Å². The van der Waals surface area contributed by atoms with E-state index in [1.54, 1.807) is 0 Å². The molecule has 1 rings (SSSR count). The van der Waals surface area contributed by atoms with Crippen molar-refractivity contribution in [1.29, 1.82) is 0 Å². The fraction of sp³-hybridized carbons (Fsp3) is 0.625. The number of nitrogens with one attached hydrogen (secondary N) is 1. The zero-order chi connectivity index (χ0) is 12.7. The Kier molecular flexibility index (Phi) is 6.28. The van der Waals surface area contributed by atoms with Gasteiger partial charge in [0.25, 0.3) is 0 Å². The predicted octanol–water partition coefficient (Wildman–Crippen LogP) is 3.95. The summed E-state index contributed by atoms with van der Waals surface area (Å²) in [6.45, 7) is 10.1. The normalized spacial score (nSPS) is 13.0. The largest absolute Gasteiger partial charge is 0.314 e. The molecule has 1 nitrogen and oxygen atoms in total. The molecule has 0 heterocycles. The van der Waals surface area contributed by atoms with Crippen LogP contribution in [-0.2, 0) is 6.42 Å². The van der Waals surface area contributed by atoms with E-state index in [1.165, 1.54) is 24.0 Å². The van der Waals surface area contributed by atoms with Gasteiger partial charge in [0.15, 0.2) is 0 Å². The van der Waals surface area contributed by atoms with Crippen molar-refractivity contribution in [3.8, 4) is 0 Å². The maximum Gasteiger partial charge on any atom is 0.00389 e. The molecule has 1 aromatic rings. The van der Waals surface area contributed by atoms with Crippen molar-refractivity contribution in [2.75, 3.05) is 6.54 Å². The van der Waals surface area contributed by atoms with E-state index >= 15 is 0 Å². The molecular weight excluding hydrogens is 206 g/mol. The number of aryl methyl sites for hydroxylation is 1. The minimum absolute atomic E-state index is 0.641. The fourth-order valence-electron chi connectivity index (χ4n) is 2.02. The average molecular weight is 233 g/mol. The van der Waals surface area contributed by atoms with E-state index in [1.807, 2.05) is 0 Å². The second-order valence-electron chi connectivity index (χ2n) is 5.57. The van der Waals surface area contributed by atoms with Gasteiger partial charge in [-0.15, -0.1) is 0 Å². The lowest BCUT2D eigenvalue weighted by molar-refractivity contribution is 0.453. The highest BCUT2D eigenvalue weighted by atomic mass is 14.9. The van der Waals surface area contributed by atoms with E-state index < -0.39 is 0 Å². The molecule has 0 amide bonds. The Bertz CT molecular complexity index is 317. The summed E-state index contributed by atoms with van der Waals surface area (Å²) in [6.07, 6.45) is 3.73. The molecule has 0 bridgehead atoms. The number of benzene rings is 1. The van der Waals surface area contributed by atoms with Crippen molar-refractivity contribution >= 4 is 0 Å². The van der Waals surface area contributed by atoms with Crippen LogP contribution in [0, 0.1) is 12.8 Å². The number of hydrogen-bond donors (Lipinski definition) is 1. The average Bonchev–Trinajstić information content (AvgIpc) is 2.26. The van der Waals surface area contributed by atoms with Crippen LogP contribution in [0.1, 0.15) is 44.7 Å². The van der Waals surface area contributed by atoms with Gasteiger partial charge in [0.2, 0.25) is 0 Å². The molecular formula is C16H27N. The molecule has 0 fully saturated rings. The lowest BCUT2D eigenvalue weighted by Gasteiger charge is -2.15. The van der Waals surface area contributed by atoms with Gasteiger partial charge in [-0.05, 0) is 51.1 Å². The van der Waals surface area contributed by atoms with Crippen molar-refractivity contribution < 1.29 is 0 Å². The highest BCUT2D eigenvalue weighted by molar-refractivity contribution is 5.22. The summed E-state index contributed by atoms with van der Waals surface area (Å²) < 4.78 is 0. The third-order valence-corrected chi connectivity index (χ3v) is 3.17. The first-order valence-corrected chi connectivity index (χ1v) is 6.87. The molecule has 1 aromatic carbocycles. The molecule has 0 aliphatic carbocycles. The van der Waals surface area contributed by atoms with Crippen molar-refractivity contribution in [3.05, 3.63) is 35.4 Å². The zero-order valence-corrected chi connectivity index (χ0v) is 11.8. The molecule has 96 valence electrons. The lowest BCUT2D eigenvalue weighted by atomic mass is 10.0. The van der Waals surface area contributed by atoms with E-state index in [4.69, 9.17) is 0 Å². The second-order valence-corrected chi connectivity index (χ2v) is 5.57. The van der Waals surface area contributed by atoms with Crippen LogP contribution in [0.15, 0.2) is 24.3 Å². The topological polar surface area (TPSA) is 12.0 Å². The number of hydrogen-bond acceptors (Lipinski definition) is 1. The minimum atomic E-state index is 0.641. The zero-order valence-electron chi connectivity index (χ0n) is 11.8. The Hall–Kier alpha value is -0.820. The molecule has 1 unspecified atom stereocenters. The molecule has 1 atom stereocenters. The van der Waals surface area contributed by atoms with E-state index in [0.717, 1.165) is 18.9 Å². The summed E-state index contributed by atoms with van der Waals surface area (Å²) in [7, 11) is 0. The molecule has 1 heteroatoms. The van der Waals surface area contributed by atoms with Gasteiger partial charge < -0.3 is 5.32 Å². The standard InChI is InChI=1S/C16H27N/c1-13(2)8-9-15(4)17-11-10-16-7-5-6-14(3)12-16/h5-7,12-13,15,17H,8-11H2,1-4H3. The summed E-state index contributed by atoms with van der Waals surface area (Å²) >= 11 is 0. The van der Waals surface area contributed by atoms with Crippen LogP contribution in [0.4, 0.5) is 0 Å². The molecule has 0 saturated heterocycles. The highest BCUT2D eigenvalue weighted by Crippen LogP contribution is 2.07. The SMILES string of the molecule is Cc1cccc(CCNC(C)CCC(C)C)c1. The van der Waals surface area contributed by atoms with E-state index in [9.17, 15) is 0 Å². The molecule has 17 heavy (non-hydrogen) atoms. The Balaban J connectivity index is 2.19. The van der Waals surface area contributed by atoms with E-state index in [-0.39, 0.29) is 0 Å². The van der Waals surface area contributed by atoms with Gasteiger partial charge >= 0.3 is 0 Å². The molecule has 0 aliphatic rings. The third-order valence-electron chi connectivity index (χ3n) is 3.17. The van der Waals surface area contributed by atoms with Gasteiger partial charge in [-0.3, -0.25) is 0 Å². The van der Waals surface area contributed by atoms with Crippen LogP contribution in [0.3, 0.4) is 0 Å². The molecule has 0 aromatic heterocycles. The Morgan fingerprint density at radius 1 is 1.12 bits per heavy atom. The van der Waals surface area contributed by atoms with Gasteiger partial charge in [-0.2, -0.15) is 0 Å². The van der Waals surface area contributed by atoms with Crippen LogP contribution in [0.5, 0.6) is 0 Å². The summed E-state index contributed by atoms with van der Waals surface area (Å²) in [4.78, 5) is 0. The van der Waals surface area contributed by atoms with Crippen LogP contribution in [-0.4, -0.2) is 12.6 Å². The Labute approximate surface area is 107 Å². The summed E-state index contributed by atoms with van der Waals surface area (Å²) in [5, 5.41) is 3.61. The minimum Gasteiger partial charge on any atom is -0.314 e. The molecule has 0 aliphatic heterocycles. The van der Waals surface area contributed by atoms with Gasteiger partial charge in [0, 0.05) is 6.04 Å². The predicted molar refractivity (Wildman–Crippen MR) is 76.4 cm³/mol. The second kappa shape index (κ2) is 7.50. The smallest absolute Gasteiger partial charge is 0.00389 e. The summed E-state index contributed by atoms with van der Waals surface area (Å²) in [6, 6.07) is 9.44. The first-order chi connectivity index (χ1) is 8.08. The van der Waals surface area contributed by atoms with E-state index in [2.05, 4.69) is 57.3 Å². The lowest BCUT2D eigenvalue weighted by Crippen LogP contribution is -2.28. The first-order valence-electron chi connectivity index (χ1n) is 6.87. The van der Waals surface area contributed by atoms with Gasteiger partial charge in [0.05, 0.1) is 0 Å². The number of rotatable bonds is 7. The Morgan fingerprint density at radius 2 is 1.88 bits per heavy atom. The van der Waals surface area contributed by atoms with Crippen LogP contribution < -0.4 is 5.32 Å². The van der Waals surface area contributed by atoms with Crippen LogP contribution >= 0.6 is 0 Å². The van der Waals surface area contributed by atoms with Gasteiger partial charge in [0.1, 0.15) is 0 Å². The van der Waals surface area contributed by atoms with Crippen molar-refractivity contribution in [3.63, 3.8) is 0 Å². The quantitative estimate of drug-likeness (QED) is 0.752. The van der Waals surface area contributed by atoms with Crippen LogP contribution in [0.25, 0.3) is 0 Å². The molecule has 0 saturated carbocycles. The van der Waals surface area contributed by atoms with Gasteiger partial charge in [-0.25, -0.2) is 0 Å². The van der Waals surface area contributed by atoms with Crippen molar-refractivity contribution in [1.82, 2.24) is 5.32 Å².